The average molecular weight is 787 g/mol. The van der Waals surface area contributed by atoms with Crippen molar-refractivity contribution in [1.29, 1.82) is 0 Å². The normalized spacial score (nSPS) is 13.4. The number of aliphatic carboxylic acids is 1. The molecule has 2 rings (SSSR count). The number of carbonyl (C=O) groups excluding carboxylic acids is 3. The Morgan fingerprint density at radius 3 is 1.35 bits per heavy atom. The van der Waals surface area contributed by atoms with Crippen molar-refractivity contribution in [2.45, 2.75) is 106 Å². The van der Waals surface area contributed by atoms with Crippen molar-refractivity contribution in [3.63, 3.8) is 0 Å². The first-order valence-corrected chi connectivity index (χ1v) is 16.6. The number of hydrazone groups is 2. The molecule has 0 aliphatic carbocycles. The van der Waals surface area contributed by atoms with E-state index < -0.39 is 87.3 Å². The lowest BCUT2D eigenvalue weighted by Crippen LogP contribution is -2.53. The van der Waals surface area contributed by atoms with Crippen LogP contribution in [-0.2, 0) is 19.1 Å². The summed E-state index contributed by atoms with van der Waals surface area (Å²) in [7, 11) is 0. The molecule has 3 amide bonds. The number of benzene rings is 2. The van der Waals surface area contributed by atoms with Gasteiger partial charge in [-0.25, -0.2) is 37.4 Å². The Hall–Kier alpha value is -5.62. The molecule has 0 aliphatic heterocycles. The van der Waals surface area contributed by atoms with Crippen LogP contribution in [0.3, 0.4) is 0 Å². The van der Waals surface area contributed by atoms with Gasteiger partial charge in [0.05, 0.1) is 11.1 Å². The third kappa shape index (κ3) is 19.3. The summed E-state index contributed by atoms with van der Waals surface area (Å²) in [4.78, 5) is 46.9. The van der Waals surface area contributed by atoms with Crippen LogP contribution in [0, 0.1) is 34.1 Å². The number of ether oxygens (including phenoxy) is 2. The molecule has 2 atom stereocenters. The summed E-state index contributed by atoms with van der Waals surface area (Å²) in [5.41, 5.74) is 9.93. The van der Waals surface area contributed by atoms with Crippen LogP contribution in [0.25, 0.3) is 0 Å². The Morgan fingerprint density at radius 2 is 1.02 bits per heavy atom. The van der Waals surface area contributed by atoms with Gasteiger partial charge in [0.1, 0.15) is 46.6 Å². The molecule has 0 fully saturated rings. The Bertz CT molecular complexity index is 1710. The van der Waals surface area contributed by atoms with Crippen LogP contribution in [-0.4, -0.2) is 64.1 Å². The number of hydrogen-bond donors (Lipinski definition) is 7. The molecule has 55 heavy (non-hydrogen) atoms. The number of halogens is 4. The third-order valence-corrected chi connectivity index (χ3v) is 6.40. The monoisotopic (exact) mass is 786 g/mol. The predicted molar refractivity (Wildman–Crippen MR) is 199 cm³/mol. The molecular formula is C36H54F4N8O7. The molecule has 2 aromatic rings. The van der Waals surface area contributed by atoms with E-state index in [9.17, 15) is 36.7 Å². The Labute approximate surface area is 318 Å². The third-order valence-electron chi connectivity index (χ3n) is 6.40. The van der Waals surface area contributed by atoms with E-state index in [0.29, 0.717) is 0 Å². The van der Waals surface area contributed by atoms with Gasteiger partial charge >= 0.3 is 18.2 Å². The molecule has 10 N–H and O–H groups in total. The number of hydrogen-bond acceptors (Lipinski definition) is 9. The fourth-order valence-corrected chi connectivity index (χ4v) is 3.87. The molecule has 19 heteroatoms. The molecule has 308 valence electrons. The van der Waals surface area contributed by atoms with Gasteiger partial charge in [0.15, 0.2) is 11.7 Å². The van der Waals surface area contributed by atoms with Gasteiger partial charge in [-0.3, -0.25) is 4.79 Å². The highest BCUT2D eigenvalue weighted by molar-refractivity contribution is 5.99. The number of amides is 3. The molecule has 0 spiro atoms. The van der Waals surface area contributed by atoms with Crippen molar-refractivity contribution in [1.82, 2.24) is 16.1 Å². The van der Waals surface area contributed by atoms with E-state index in [4.69, 9.17) is 31.9 Å². The quantitative estimate of drug-likeness (QED) is 0.0636. The minimum absolute atomic E-state index is 0.127. The Kier molecular flexibility index (Phi) is 18.1. The van der Waals surface area contributed by atoms with Gasteiger partial charge in [-0.05, 0) is 88.8 Å². The van der Waals surface area contributed by atoms with Gasteiger partial charge < -0.3 is 42.5 Å². The van der Waals surface area contributed by atoms with Crippen LogP contribution in [0.2, 0.25) is 0 Å². The first kappa shape index (κ1) is 49.4. The van der Waals surface area contributed by atoms with Gasteiger partial charge in [-0.15, -0.1) is 0 Å². The van der Waals surface area contributed by atoms with E-state index in [2.05, 4.69) is 26.3 Å². The number of carboxylic acid groups (broad SMARTS) is 1. The first-order chi connectivity index (χ1) is 24.8. The van der Waals surface area contributed by atoms with Crippen molar-refractivity contribution in [2.24, 2.45) is 38.3 Å². The van der Waals surface area contributed by atoms with Crippen molar-refractivity contribution in [2.75, 3.05) is 0 Å². The van der Waals surface area contributed by atoms with Gasteiger partial charge in [-0.1, -0.05) is 41.5 Å². The predicted octanol–water partition coefficient (Wildman–Crippen LogP) is 5.19. The van der Waals surface area contributed by atoms with Crippen molar-refractivity contribution < 1.29 is 51.3 Å². The zero-order valence-corrected chi connectivity index (χ0v) is 33.2. The lowest BCUT2D eigenvalue weighted by atomic mass is 9.86. The summed E-state index contributed by atoms with van der Waals surface area (Å²) < 4.78 is 62.5. The van der Waals surface area contributed by atoms with E-state index in [0.717, 1.165) is 36.4 Å². The molecule has 15 nitrogen and oxygen atoms in total. The standard InChI is InChI=1S/C18H26F2N4O3.C11H21NO4.C7H7F2N3/c1-17(2,3)13(22-16(26)27-18(4,5)6)15(25)24-23-14(21)11-9-10(19)7-8-12(11)20;1-10(2,3)7(8(13)14)12-9(15)16-11(4,5)6;8-4-1-2-6(9)5(3-4)7(10)12-11/h7-9,13H,1-6H3,(H2,21,23)(H,22,26)(H,24,25);7H,1-6H3,(H,12,15)(H,13,14);1-3H,11H2,(H2,10,12)/t13-;7-;/m00./s1. The van der Waals surface area contributed by atoms with Crippen molar-refractivity contribution in [3.8, 4) is 0 Å². The maximum absolute atomic E-state index is 13.7. The summed E-state index contributed by atoms with van der Waals surface area (Å²) in [5.74, 6) is -0.323. The van der Waals surface area contributed by atoms with Gasteiger partial charge in [0, 0.05) is 0 Å². The van der Waals surface area contributed by atoms with Crippen LogP contribution in [0.5, 0.6) is 0 Å². The van der Waals surface area contributed by atoms with Gasteiger partial charge in [0.2, 0.25) is 0 Å². The van der Waals surface area contributed by atoms with Gasteiger partial charge in [0.25, 0.3) is 5.91 Å². The zero-order valence-electron chi connectivity index (χ0n) is 33.2. The van der Waals surface area contributed by atoms with Crippen LogP contribution in [0.4, 0.5) is 27.2 Å². The SMILES string of the molecule is CC(C)(C)OC(=O)N[C@@H](C(=O)NN=C(N)c1cc(F)ccc1F)C(C)(C)C.CC(C)(C)OC(=O)N[C@@H](C(=O)O)C(C)(C)C.NN=C(N)c1cc(F)ccc1F. The van der Waals surface area contributed by atoms with Crippen LogP contribution < -0.4 is 33.4 Å². The lowest BCUT2D eigenvalue weighted by Gasteiger charge is -2.30. The molecule has 0 radical (unpaired) electrons. The zero-order chi connectivity index (χ0) is 43.3. The Morgan fingerprint density at radius 1 is 0.655 bits per heavy atom. The van der Waals surface area contributed by atoms with Crippen molar-refractivity contribution >= 4 is 35.7 Å². The minimum Gasteiger partial charge on any atom is -0.480 e. The fourth-order valence-electron chi connectivity index (χ4n) is 3.87. The van der Waals surface area contributed by atoms with E-state index in [1.807, 2.05) is 0 Å². The largest absolute Gasteiger partial charge is 0.480 e. The molecule has 0 saturated heterocycles. The van der Waals surface area contributed by atoms with E-state index in [1.54, 1.807) is 83.1 Å². The van der Waals surface area contributed by atoms with Crippen LogP contribution in [0.1, 0.15) is 94.2 Å². The average Bonchev–Trinajstić information content (AvgIpc) is 3.00. The number of carboxylic acids is 1. The highest BCUT2D eigenvalue weighted by Crippen LogP contribution is 2.21. The number of nitrogens with zero attached hydrogens (tertiary/aromatic N) is 2. The summed E-state index contributed by atoms with van der Waals surface area (Å²) in [6.45, 7) is 20.6. The van der Waals surface area contributed by atoms with Gasteiger partial charge in [-0.2, -0.15) is 10.2 Å². The molecule has 0 heterocycles. The maximum Gasteiger partial charge on any atom is 0.408 e. The first-order valence-electron chi connectivity index (χ1n) is 16.6. The van der Waals surface area contributed by atoms with Crippen LogP contribution >= 0.6 is 0 Å². The molecule has 0 bridgehead atoms. The molecule has 0 saturated carbocycles. The highest BCUT2D eigenvalue weighted by Gasteiger charge is 2.35. The fraction of sp³-hybridized carbons (Fsp3) is 0.500. The van der Waals surface area contributed by atoms with Crippen LogP contribution in [0.15, 0.2) is 46.6 Å². The number of carbonyl (C=O) groups is 4. The molecule has 0 aromatic heterocycles. The minimum atomic E-state index is -1.07. The second-order valence-electron chi connectivity index (χ2n) is 16.0. The smallest absolute Gasteiger partial charge is 0.408 e. The summed E-state index contributed by atoms with van der Waals surface area (Å²) >= 11 is 0. The summed E-state index contributed by atoms with van der Waals surface area (Å²) in [6, 6.07) is 3.60. The molecular weight excluding hydrogens is 732 g/mol. The van der Waals surface area contributed by atoms with E-state index in [-0.39, 0.29) is 17.0 Å². The number of amidine groups is 2. The van der Waals surface area contributed by atoms with Crippen molar-refractivity contribution in [3.05, 3.63) is 70.8 Å². The summed E-state index contributed by atoms with van der Waals surface area (Å²) in [5, 5.41) is 20.5. The number of nitrogens with two attached hydrogens (primary N) is 3. The van der Waals surface area contributed by atoms with E-state index >= 15 is 0 Å². The number of nitrogens with one attached hydrogen (secondary N) is 3. The second kappa shape index (κ2) is 20.2. The van der Waals surface area contributed by atoms with E-state index in [1.165, 1.54) is 0 Å². The topological polar surface area (TPSA) is 246 Å². The Balaban J connectivity index is 0.000000879. The number of alkyl carbamates (subject to hydrolysis) is 2. The highest BCUT2D eigenvalue weighted by atomic mass is 19.1. The molecule has 0 unspecified atom stereocenters. The second-order valence-corrected chi connectivity index (χ2v) is 16.0. The summed E-state index contributed by atoms with van der Waals surface area (Å²) in [6.07, 6.45) is -1.49. The molecule has 2 aromatic carbocycles. The molecule has 0 aliphatic rings. The lowest BCUT2D eigenvalue weighted by molar-refractivity contribution is -0.142. The maximum atomic E-state index is 13.7. The number of rotatable bonds is 7.